The number of nitriles is 1. The van der Waals surface area contributed by atoms with E-state index in [9.17, 15) is 13.7 Å². The summed E-state index contributed by atoms with van der Waals surface area (Å²) in [6.45, 7) is 3.97. The molecule has 2 aliphatic heterocycles. The maximum atomic E-state index is 13.6. The van der Waals surface area contributed by atoms with Crippen molar-refractivity contribution in [2.45, 2.75) is 16.7 Å². The lowest BCUT2D eigenvalue weighted by Crippen LogP contribution is -3.13. The van der Waals surface area contributed by atoms with E-state index in [1.165, 1.54) is 29.2 Å². The van der Waals surface area contributed by atoms with Crippen molar-refractivity contribution >= 4 is 38.3 Å². The first-order chi connectivity index (χ1) is 18.9. The van der Waals surface area contributed by atoms with Crippen LogP contribution < -0.4 is 19.3 Å². The number of benzene rings is 3. The number of anilines is 1. The van der Waals surface area contributed by atoms with Crippen molar-refractivity contribution in [2.24, 2.45) is 0 Å². The fourth-order valence-electron chi connectivity index (χ4n) is 5.00. The predicted molar refractivity (Wildman–Crippen MR) is 146 cm³/mol. The fraction of sp³-hybridized carbons (Fsp3) is 0.250. The van der Waals surface area contributed by atoms with E-state index in [0.717, 1.165) is 36.7 Å². The number of halogens is 1. The summed E-state index contributed by atoms with van der Waals surface area (Å²) in [5.41, 5.74) is 2.49. The first-order valence-electron chi connectivity index (χ1n) is 12.6. The van der Waals surface area contributed by atoms with Gasteiger partial charge in [-0.25, -0.2) is 18.4 Å². The average Bonchev–Trinajstić information content (AvgIpc) is 3.42. The Kier molecular flexibility index (Phi) is 6.73. The summed E-state index contributed by atoms with van der Waals surface area (Å²) in [4.78, 5) is 12.9. The van der Waals surface area contributed by atoms with Crippen LogP contribution in [0.25, 0.3) is 11.0 Å². The van der Waals surface area contributed by atoms with Crippen LogP contribution in [0, 0.1) is 11.3 Å². The lowest BCUT2D eigenvalue weighted by molar-refractivity contribution is -0.914. The van der Waals surface area contributed by atoms with Crippen molar-refractivity contribution in [3.05, 3.63) is 83.0 Å². The number of nitrogens with zero attached hydrogens (tertiary/aromatic N) is 4. The Morgan fingerprint density at radius 2 is 1.67 bits per heavy atom. The van der Waals surface area contributed by atoms with E-state index in [4.69, 9.17) is 26.1 Å². The van der Waals surface area contributed by atoms with Gasteiger partial charge in [0.1, 0.15) is 12.2 Å². The van der Waals surface area contributed by atoms with Gasteiger partial charge in [0, 0.05) is 10.6 Å². The Morgan fingerprint density at radius 3 is 2.38 bits per heavy atom. The zero-order chi connectivity index (χ0) is 27.0. The molecular weight excluding hydrogens is 538 g/mol. The first-order valence-corrected chi connectivity index (χ1v) is 14.5. The van der Waals surface area contributed by atoms with Crippen molar-refractivity contribution in [3.63, 3.8) is 0 Å². The molecule has 0 bridgehead atoms. The van der Waals surface area contributed by atoms with E-state index in [-0.39, 0.29) is 17.4 Å². The normalized spacial score (nSPS) is 16.3. The van der Waals surface area contributed by atoms with E-state index in [1.807, 2.05) is 41.3 Å². The summed E-state index contributed by atoms with van der Waals surface area (Å²) in [5.74, 6) is 1.97. The largest absolute Gasteiger partial charge is 0.454 e. The molecule has 39 heavy (non-hydrogen) atoms. The smallest absolute Gasteiger partial charge is 0.231 e. The van der Waals surface area contributed by atoms with E-state index >= 15 is 0 Å². The molecule has 1 aromatic heterocycles. The lowest BCUT2D eigenvalue weighted by atomic mass is 10.1. The Hall–Kier alpha value is -3.91. The molecule has 0 amide bonds. The molecule has 1 fully saturated rings. The van der Waals surface area contributed by atoms with Crippen molar-refractivity contribution < 1.29 is 22.8 Å². The van der Waals surface area contributed by atoms with Crippen molar-refractivity contribution in [2.75, 3.05) is 37.9 Å². The lowest BCUT2D eigenvalue weighted by Gasteiger charge is -2.34. The van der Waals surface area contributed by atoms with Crippen molar-refractivity contribution in [3.8, 4) is 17.6 Å². The Bertz CT molecular complexity index is 1680. The number of fused-ring (bicyclic) bond motifs is 2. The molecule has 1 saturated heterocycles. The van der Waals surface area contributed by atoms with Crippen LogP contribution in [0.5, 0.6) is 11.5 Å². The van der Waals surface area contributed by atoms with E-state index in [0.29, 0.717) is 35.0 Å². The van der Waals surface area contributed by atoms with Crippen LogP contribution in [0.3, 0.4) is 0 Å². The highest BCUT2D eigenvalue weighted by molar-refractivity contribution is 7.92. The number of hydrogen-bond donors (Lipinski definition) is 1. The molecule has 0 radical (unpaired) electrons. The Labute approximate surface area is 231 Å². The van der Waals surface area contributed by atoms with Gasteiger partial charge in [0.2, 0.25) is 16.6 Å². The Morgan fingerprint density at radius 1 is 0.974 bits per heavy atom. The monoisotopic (exact) mass is 562 g/mol. The van der Waals surface area contributed by atoms with Crippen LogP contribution in [0.4, 0.5) is 5.82 Å². The number of para-hydroxylation sites is 2. The van der Waals surface area contributed by atoms with Gasteiger partial charge in [-0.15, -0.1) is 0 Å². The number of sulfone groups is 1. The molecule has 0 saturated carbocycles. The predicted octanol–water partition coefficient (Wildman–Crippen LogP) is 2.96. The summed E-state index contributed by atoms with van der Waals surface area (Å²) in [6.07, 6.45) is 0. The maximum Gasteiger partial charge on any atom is 0.231 e. The third-order valence-corrected chi connectivity index (χ3v) is 9.19. The second-order valence-corrected chi connectivity index (χ2v) is 12.0. The van der Waals surface area contributed by atoms with E-state index in [2.05, 4.69) is 11.1 Å². The third kappa shape index (κ3) is 4.96. The number of rotatable bonds is 6. The minimum Gasteiger partial charge on any atom is -0.454 e. The molecule has 0 spiro atoms. The van der Waals surface area contributed by atoms with Gasteiger partial charge in [-0.2, -0.15) is 5.26 Å². The molecule has 11 heteroatoms. The second kappa shape index (κ2) is 10.3. The molecule has 1 N–H and O–H groups in total. The van der Waals surface area contributed by atoms with Crippen LogP contribution in [0.15, 0.2) is 71.6 Å². The van der Waals surface area contributed by atoms with Crippen LogP contribution in [-0.4, -0.2) is 51.4 Å². The number of aromatic nitrogens is 2. The molecule has 0 unspecified atom stereocenters. The highest BCUT2D eigenvalue weighted by atomic mass is 35.5. The van der Waals surface area contributed by atoms with Gasteiger partial charge in [-0.05, 0) is 54.6 Å². The molecule has 4 aromatic rings. The summed E-state index contributed by atoms with van der Waals surface area (Å²) in [7, 11) is -4.08. The number of nitrogens with one attached hydrogen (secondary N) is 1. The van der Waals surface area contributed by atoms with Crippen LogP contribution >= 0.6 is 11.6 Å². The summed E-state index contributed by atoms with van der Waals surface area (Å²) >= 11 is 5.97. The minimum atomic E-state index is -4.08. The zero-order valence-electron chi connectivity index (χ0n) is 20.9. The molecule has 2 aliphatic rings. The quantitative estimate of drug-likeness (QED) is 0.382. The van der Waals surface area contributed by atoms with Crippen LogP contribution in [0.2, 0.25) is 5.02 Å². The van der Waals surface area contributed by atoms with Gasteiger partial charge in [-0.3, -0.25) is 0 Å². The number of quaternary nitrogens is 1. The van der Waals surface area contributed by atoms with Crippen molar-refractivity contribution in [1.82, 2.24) is 9.97 Å². The van der Waals surface area contributed by atoms with Gasteiger partial charge in [0.15, 0.2) is 22.6 Å². The first kappa shape index (κ1) is 25.4. The standard InChI is InChI=1S/C28H24ClN5O4S/c29-20-6-8-21(9-7-20)39(35,36)26(16-30)27-28(32-23-4-2-1-3-22(23)31-27)34-13-11-33(12-14-34)17-19-5-10-24-25(15-19)38-18-37-24/h1-10,15,26H,11-14,17-18H2/p+1/t26-/m1/s1. The number of ether oxygens (including phenoxy) is 2. The molecule has 0 aliphatic carbocycles. The molecule has 1 atom stereocenters. The number of hydrogen-bond acceptors (Lipinski definition) is 8. The van der Waals surface area contributed by atoms with E-state index in [1.54, 1.807) is 6.07 Å². The molecule has 9 nitrogen and oxygen atoms in total. The van der Waals surface area contributed by atoms with Crippen LogP contribution in [0.1, 0.15) is 16.5 Å². The van der Waals surface area contributed by atoms with Gasteiger partial charge < -0.3 is 19.3 Å². The van der Waals surface area contributed by atoms with Crippen LogP contribution in [-0.2, 0) is 16.4 Å². The average molecular weight is 563 g/mol. The molecule has 6 rings (SSSR count). The summed E-state index contributed by atoms with van der Waals surface area (Å²) in [5, 5.41) is 9.02. The highest BCUT2D eigenvalue weighted by Gasteiger charge is 2.36. The fourth-order valence-corrected chi connectivity index (χ4v) is 6.51. The third-order valence-electron chi connectivity index (χ3n) is 7.06. The van der Waals surface area contributed by atoms with Gasteiger partial charge in [0.05, 0.1) is 48.2 Å². The van der Waals surface area contributed by atoms with Crippen molar-refractivity contribution in [1.29, 1.82) is 5.26 Å². The summed E-state index contributed by atoms with van der Waals surface area (Å²) < 4.78 is 38.1. The van der Waals surface area contributed by atoms with Gasteiger partial charge in [-0.1, -0.05) is 23.7 Å². The van der Waals surface area contributed by atoms with Gasteiger partial charge in [0.25, 0.3) is 0 Å². The summed E-state index contributed by atoms with van der Waals surface area (Å²) in [6, 6.07) is 21.1. The zero-order valence-corrected chi connectivity index (χ0v) is 22.5. The topological polar surface area (TPSA) is 110 Å². The molecule has 3 aromatic carbocycles. The maximum absolute atomic E-state index is 13.6. The molecule has 3 heterocycles. The SMILES string of the molecule is N#C[C@H](c1nc2ccccc2nc1N1CC[NH+](Cc2ccc3c(c2)OCO3)CC1)S(=O)(=O)c1ccc(Cl)cc1. The highest BCUT2D eigenvalue weighted by Crippen LogP contribution is 2.35. The molecular formula is C28H25ClN5O4S+. The molecule has 198 valence electrons. The van der Waals surface area contributed by atoms with Gasteiger partial charge >= 0.3 is 0 Å². The Balaban J connectivity index is 1.29. The second-order valence-electron chi connectivity index (χ2n) is 9.53. The number of piperazine rings is 1. The van der Waals surface area contributed by atoms with E-state index < -0.39 is 15.1 Å². The minimum absolute atomic E-state index is 0.0114.